The molecule has 0 aliphatic carbocycles. The monoisotopic (exact) mass is 342 g/mol. The van der Waals surface area contributed by atoms with E-state index in [0.717, 1.165) is 24.5 Å². The Bertz CT molecular complexity index is 887. The molecule has 1 fully saturated rings. The number of nitrogens with two attached hydrogens (primary N) is 1. The Balaban J connectivity index is 1.70. The van der Waals surface area contributed by atoms with E-state index in [2.05, 4.69) is 22.0 Å². The molecule has 1 saturated heterocycles. The smallest absolute Gasteiger partial charge is 0.255 e. The molecule has 1 amide bonds. The lowest BCUT2D eigenvalue weighted by Gasteiger charge is -2.31. The normalized spacial score (nSPS) is 18.2. The molecule has 2 N–H and O–H groups in total. The SMILES string of the molecule is CC1CCCN(C(=O)c2cc(N)c3nc(-c4nccs4)nn3c2)C1. The molecule has 124 valence electrons. The van der Waals surface area contributed by atoms with Crippen LogP contribution in [0.3, 0.4) is 0 Å². The molecule has 1 aliphatic heterocycles. The van der Waals surface area contributed by atoms with Crippen LogP contribution < -0.4 is 5.73 Å². The number of nitrogen functional groups attached to an aromatic ring is 1. The van der Waals surface area contributed by atoms with Crippen molar-refractivity contribution in [1.82, 2.24) is 24.5 Å². The highest BCUT2D eigenvalue weighted by Crippen LogP contribution is 2.23. The standard InChI is InChI=1S/C16H18N6OS/c1-10-3-2-5-21(8-10)16(23)11-7-12(17)14-19-13(20-22(14)9-11)15-18-4-6-24-15/h4,6-7,9-10H,2-3,5,8,17H2,1H3. The van der Waals surface area contributed by atoms with Gasteiger partial charge in [0, 0.05) is 30.9 Å². The molecule has 3 aromatic rings. The number of thiazole rings is 1. The number of aromatic nitrogens is 4. The lowest BCUT2D eigenvalue weighted by Crippen LogP contribution is -2.39. The molecule has 4 heterocycles. The van der Waals surface area contributed by atoms with Crippen molar-refractivity contribution in [2.75, 3.05) is 18.8 Å². The van der Waals surface area contributed by atoms with Gasteiger partial charge in [0.25, 0.3) is 5.91 Å². The molecule has 0 aromatic carbocycles. The van der Waals surface area contributed by atoms with Gasteiger partial charge in [-0.2, -0.15) is 0 Å². The molecule has 1 unspecified atom stereocenters. The summed E-state index contributed by atoms with van der Waals surface area (Å²) in [6, 6.07) is 1.69. The van der Waals surface area contributed by atoms with Crippen molar-refractivity contribution in [3.05, 3.63) is 29.4 Å². The Kier molecular flexibility index (Phi) is 3.68. The van der Waals surface area contributed by atoms with E-state index in [1.54, 1.807) is 23.0 Å². The third kappa shape index (κ3) is 2.62. The molecular weight excluding hydrogens is 324 g/mol. The van der Waals surface area contributed by atoms with Crippen LogP contribution in [-0.4, -0.2) is 43.5 Å². The Morgan fingerprint density at radius 3 is 3.08 bits per heavy atom. The van der Waals surface area contributed by atoms with Crippen molar-refractivity contribution in [2.24, 2.45) is 5.92 Å². The average Bonchev–Trinajstić information content (AvgIpc) is 3.23. The van der Waals surface area contributed by atoms with E-state index in [-0.39, 0.29) is 5.91 Å². The van der Waals surface area contributed by atoms with Gasteiger partial charge in [-0.15, -0.1) is 16.4 Å². The van der Waals surface area contributed by atoms with E-state index >= 15 is 0 Å². The van der Waals surface area contributed by atoms with Crippen LogP contribution in [0.4, 0.5) is 5.69 Å². The van der Waals surface area contributed by atoms with E-state index in [1.807, 2.05) is 10.3 Å². The number of amides is 1. The summed E-state index contributed by atoms with van der Waals surface area (Å²) >= 11 is 1.47. The van der Waals surface area contributed by atoms with Crippen LogP contribution in [-0.2, 0) is 0 Å². The Morgan fingerprint density at radius 2 is 2.33 bits per heavy atom. The number of nitrogens with zero attached hydrogens (tertiary/aromatic N) is 5. The number of carbonyl (C=O) groups is 1. The first-order chi connectivity index (χ1) is 11.6. The van der Waals surface area contributed by atoms with Gasteiger partial charge < -0.3 is 10.6 Å². The predicted octanol–water partition coefficient (Wildman–Crippen LogP) is 2.31. The van der Waals surface area contributed by atoms with Crippen LogP contribution in [0, 0.1) is 5.92 Å². The maximum absolute atomic E-state index is 12.8. The summed E-state index contributed by atoms with van der Waals surface area (Å²) in [5, 5.41) is 7.03. The van der Waals surface area contributed by atoms with Crippen molar-refractivity contribution < 1.29 is 4.79 Å². The molecule has 1 atom stereocenters. The number of hydrogen-bond donors (Lipinski definition) is 1. The van der Waals surface area contributed by atoms with Crippen LogP contribution in [0.2, 0.25) is 0 Å². The molecule has 0 bridgehead atoms. The summed E-state index contributed by atoms with van der Waals surface area (Å²) in [4.78, 5) is 23.3. The Labute approximate surface area is 143 Å². The minimum Gasteiger partial charge on any atom is -0.396 e. The van der Waals surface area contributed by atoms with E-state index in [0.29, 0.717) is 28.6 Å². The first-order valence-electron chi connectivity index (χ1n) is 7.97. The largest absolute Gasteiger partial charge is 0.396 e. The lowest BCUT2D eigenvalue weighted by atomic mass is 10.00. The highest BCUT2D eigenvalue weighted by Gasteiger charge is 2.23. The fraction of sp³-hybridized carbons (Fsp3) is 0.375. The highest BCUT2D eigenvalue weighted by atomic mass is 32.1. The number of likely N-dealkylation sites (tertiary alicyclic amines) is 1. The number of carbonyl (C=O) groups excluding carboxylic acids is 1. The Morgan fingerprint density at radius 1 is 1.46 bits per heavy atom. The van der Waals surface area contributed by atoms with Gasteiger partial charge in [0.05, 0.1) is 11.3 Å². The third-order valence-corrected chi connectivity index (χ3v) is 5.05. The molecule has 4 rings (SSSR count). The van der Waals surface area contributed by atoms with Crippen molar-refractivity contribution in [1.29, 1.82) is 0 Å². The Hall–Kier alpha value is -2.48. The van der Waals surface area contributed by atoms with Gasteiger partial charge in [-0.3, -0.25) is 4.79 Å². The zero-order valence-corrected chi connectivity index (χ0v) is 14.2. The fourth-order valence-corrected chi connectivity index (χ4v) is 3.67. The summed E-state index contributed by atoms with van der Waals surface area (Å²) in [5.41, 5.74) is 7.64. The maximum atomic E-state index is 12.8. The average molecular weight is 342 g/mol. The van der Waals surface area contributed by atoms with Crippen LogP contribution in [0.5, 0.6) is 0 Å². The molecular formula is C16H18N6OS. The van der Waals surface area contributed by atoms with Gasteiger partial charge in [0.2, 0.25) is 5.82 Å². The molecule has 0 radical (unpaired) electrons. The molecule has 0 spiro atoms. The third-order valence-electron chi connectivity index (χ3n) is 4.28. The molecule has 0 saturated carbocycles. The van der Waals surface area contributed by atoms with Gasteiger partial charge in [0.15, 0.2) is 10.7 Å². The van der Waals surface area contributed by atoms with Crippen LogP contribution in [0.1, 0.15) is 30.1 Å². The number of fused-ring (bicyclic) bond motifs is 1. The topological polar surface area (TPSA) is 89.4 Å². The van der Waals surface area contributed by atoms with Crippen molar-refractivity contribution in [2.45, 2.75) is 19.8 Å². The summed E-state index contributed by atoms with van der Waals surface area (Å²) in [5.74, 6) is 1.06. The van der Waals surface area contributed by atoms with Crippen LogP contribution in [0.15, 0.2) is 23.8 Å². The van der Waals surface area contributed by atoms with E-state index < -0.39 is 0 Å². The molecule has 24 heavy (non-hydrogen) atoms. The summed E-state index contributed by atoms with van der Waals surface area (Å²) in [6.07, 6.45) is 5.63. The molecule has 1 aliphatic rings. The second-order valence-electron chi connectivity index (χ2n) is 6.22. The van der Waals surface area contributed by atoms with Gasteiger partial charge in [0.1, 0.15) is 0 Å². The number of rotatable bonds is 2. The van der Waals surface area contributed by atoms with E-state index in [4.69, 9.17) is 5.73 Å². The maximum Gasteiger partial charge on any atom is 0.255 e. The zero-order chi connectivity index (χ0) is 16.7. The number of pyridine rings is 1. The minimum atomic E-state index is 0.00134. The van der Waals surface area contributed by atoms with Crippen molar-refractivity contribution >= 4 is 28.6 Å². The fourth-order valence-electron chi connectivity index (χ4n) is 3.11. The van der Waals surface area contributed by atoms with E-state index in [9.17, 15) is 4.79 Å². The first-order valence-corrected chi connectivity index (χ1v) is 8.85. The number of hydrogen-bond acceptors (Lipinski definition) is 6. The first kappa shape index (κ1) is 15.1. The number of anilines is 1. The van der Waals surface area contributed by atoms with Crippen LogP contribution in [0.25, 0.3) is 16.5 Å². The van der Waals surface area contributed by atoms with Gasteiger partial charge in [-0.05, 0) is 24.8 Å². The van der Waals surface area contributed by atoms with Crippen LogP contribution >= 0.6 is 11.3 Å². The molecule has 8 heteroatoms. The summed E-state index contributed by atoms with van der Waals surface area (Å²) < 4.78 is 1.58. The van der Waals surface area contributed by atoms with E-state index in [1.165, 1.54) is 17.8 Å². The predicted molar refractivity (Wildman–Crippen MR) is 92.8 cm³/mol. The summed E-state index contributed by atoms with van der Waals surface area (Å²) in [6.45, 7) is 3.76. The minimum absolute atomic E-state index is 0.00134. The van der Waals surface area contributed by atoms with Crippen molar-refractivity contribution in [3.8, 4) is 10.8 Å². The second kappa shape index (κ2) is 5.86. The number of piperidine rings is 1. The quantitative estimate of drug-likeness (QED) is 0.772. The second-order valence-corrected chi connectivity index (χ2v) is 7.12. The van der Waals surface area contributed by atoms with Gasteiger partial charge in [-0.1, -0.05) is 6.92 Å². The molecule has 7 nitrogen and oxygen atoms in total. The summed E-state index contributed by atoms with van der Waals surface area (Å²) in [7, 11) is 0. The van der Waals surface area contributed by atoms with Crippen molar-refractivity contribution in [3.63, 3.8) is 0 Å². The van der Waals surface area contributed by atoms with Gasteiger partial charge >= 0.3 is 0 Å². The zero-order valence-electron chi connectivity index (χ0n) is 13.3. The highest BCUT2D eigenvalue weighted by molar-refractivity contribution is 7.13. The lowest BCUT2D eigenvalue weighted by molar-refractivity contribution is 0.0682. The van der Waals surface area contributed by atoms with Gasteiger partial charge in [-0.25, -0.2) is 14.5 Å². The molecule has 3 aromatic heterocycles.